The summed E-state index contributed by atoms with van der Waals surface area (Å²) in [4.78, 5) is 26.3. The van der Waals surface area contributed by atoms with Crippen molar-refractivity contribution >= 4 is 11.9 Å². The van der Waals surface area contributed by atoms with Crippen LogP contribution in [0.5, 0.6) is 0 Å². The van der Waals surface area contributed by atoms with Crippen LogP contribution in [0.3, 0.4) is 0 Å². The first kappa shape index (κ1) is 13.0. The van der Waals surface area contributed by atoms with Gasteiger partial charge in [0.05, 0.1) is 13.5 Å². The van der Waals surface area contributed by atoms with Crippen molar-refractivity contribution in [2.75, 3.05) is 33.3 Å². The quantitative estimate of drug-likeness (QED) is 0.643. The van der Waals surface area contributed by atoms with Crippen LogP contribution in [0.15, 0.2) is 0 Å². The van der Waals surface area contributed by atoms with E-state index in [9.17, 15) is 9.59 Å². The Labute approximate surface area is 96.3 Å². The average molecular weight is 228 g/mol. The zero-order valence-corrected chi connectivity index (χ0v) is 10.2. The number of nitrogens with zero attached hydrogens (tertiary/aromatic N) is 2. The summed E-state index contributed by atoms with van der Waals surface area (Å²) in [6, 6.07) is 0.182. The molecule has 0 aromatic heterocycles. The van der Waals surface area contributed by atoms with Crippen molar-refractivity contribution in [2.24, 2.45) is 0 Å². The van der Waals surface area contributed by atoms with Gasteiger partial charge in [-0.05, 0) is 6.92 Å². The molecular weight excluding hydrogens is 208 g/mol. The lowest BCUT2D eigenvalue weighted by molar-refractivity contribution is -0.142. The summed E-state index contributed by atoms with van der Waals surface area (Å²) in [5.74, 6) is -0.0539. The van der Waals surface area contributed by atoms with Crippen molar-refractivity contribution in [3.05, 3.63) is 0 Å². The van der Waals surface area contributed by atoms with Gasteiger partial charge in [-0.3, -0.25) is 14.5 Å². The highest BCUT2D eigenvalue weighted by Gasteiger charge is 2.23. The molecule has 5 heteroatoms. The molecular formula is C11H20N2O3. The van der Waals surface area contributed by atoms with Crippen molar-refractivity contribution in [1.82, 2.24) is 9.80 Å². The number of carbonyl (C=O) groups is 2. The largest absolute Gasteiger partial charge is 0.469 e. The zero-order valence-electron chi connectivity index (χ0n) is 10.2. The van der Waals surface area contributed by atoms with Crippen molar-refractivity contribution in [3.63, 3.8) is 0 Å². The highest BCUT2D eigenvalue weighted by molar-refractivity contribution is 5.73. The molecule has 92 valence electrons. The van der Waals surface area contributed by atoms with Gasteiger partial charge < -0.3 is 9.64 Å². The van der Waals surface area contributed by atoms with Crippen LogP contribution >= 0.6 is 0 Å². The molecule has 1 heterocycles. The Morgan fingerprint density at radius 1 is 1.25 bits per heavy atom. The van der Waals surface area contributed by atoms with Gasteiger partial charge in [-0.1, -0.05) is 0 Å². The highest BCUT2D eigenvalue weighted by Crippen LogP contribution is 2.09. The molecule has 1 saturated heterocycles. The molecule has 1 atom stereocenters. The number of piperazine rings is 1. The minimum Gasteiger partial charge on any atom is -0.469 e. The summed E-state index contributed by atoms with van der Waals surface area (Å²) < 4.78 is 4.64. The molecule has 0 spiro atoms. The van der Waals surface area contributed by atoms with E-state index in [0.29, 0.717) is 6.42 Å². The Kier molecular flexibility index (Phi) is 4.73. The van der Waals surface area contributed by atoms with E-state index in [1.165, 1.54) is 7.11 Å². The van der Waals surface area contributed by atoms with E-state index < -0.39 is 0 Å². The summed E-state index contributed by atoms with van der Waals surface area (Å²) in [5, 5.41) is 0. The molecule has 0 N–H and O–H groups in total. The van der Waals surface area contributed by atoms with Gasteiger partial charge in [0.2, 0.25) is 5.91 Å². The van der Waals surface area contributed by atoms with Crippen LogP contribution in [0.1, 0.15) is 20.3 Å². The summed E-state index contributed by atoms with van der Waals surface area (Å²) in [7, 11) is 1.41. The lowest BCUT2D eigenvalue weighted by atomic mass is 10.1. The molecule has 1 aliphatic heterocycles. The molecule has 1 rings (SSSR count). The second-order valence-electron chi connectivity index (χ2n) is 4.17. The van der Waals surface area contributed by atoms with E-state index in [4.69, 9.17) is 0 Å². The predicted octanol–water partition coefficient (Wildman–Crippen LogP) is 0.102. The molecule has 0 saturated carbocycles. The second-order valence-corrected chi connectivity index (χ2v) is 4.17. The SMILES string of the molecule is COC(=O)CC(C)N1CCN(C(C)=O)CC1. The number of ether oxygens (including phenoxy) is 1. The molecule has 0 radical (unpaired) electrons. The van der Waals surface area contributed by atoms with E-state index in [-0.39, 0.29) is 17.9 Å². The maximum atomic E-state index is 11.1. The van der Waals surface area contributed by atoms with Gasteiger partial charge in [-0.25, -0.2) is 0 Å². The van der Waals surface area contributed by atoms with E-state index in [2.05, 4.69) is 9.64 Å². The van der Waals surface area contributed by atoms with Gasteiger partial charge in [-0.15, -0.1) is 0 Å². The van der Waals surface area contributed by atoms with Gasteiger partial charge in [0.15, 0.2) is 0 Å². The fraction of sp³-hybridized carbons (Fsp3) is 0.818. The molecule has 0 bridgehead atoms. The fourth-order valence-corrected chi connectivity index (χ4v) is 1.93. The topological polar surface area (TPSA) is 49.9 Å². The molecule has 1 unspecified atom stereocenters. The third kappa shape index (κ3) is 3.48. The molecule has 5 nitrogen and oxygen atoms in total. The number of methoxy groups -OCH3 is 1. The van der Waals surface area contributed by atoms with Crippen LogP contribution in [-0.2, 0) is 14.3 Å². The van der Waals surface area contributed by atoms with E-state index in [1.54, 1.807) is 6.92 Å². The number of esters is 1. The molecule has 1 fully saturated rings. The summed E-state index contributed by atoms with van der Waals surface area (Å²) in [6.45, 7) is 6.77. The van der Waals surface area contributed by atoms with Gasteiger partial charge in [0, 0.05) is 39.1 Å². The standard InChI is InChI=1S/C11H20N2O3/c1-9(8-11(15)16-3)12-4-6-13(7-5-12)10(2)14/h9H,4-8H2,1-3H3. The van der Waals surface area contributed by atoms with Crippen molar-refractivity contribution in [2.45, 2.75) is 26.3 Å². The average Bonchev–Trinajstić information content (AvgIpc) is 2.28. The maximum absolute atomic E-state index is 11.1. The summed E-state index contributed by atoms with van der Waals surface area (Å²) in [5.41, 5.74) is 0. The fourth-order valence-electron chi connectivity index (χ4n) is 1.93. The van der Waals surface area contributed by atoms with Crippen molar-refractivity contribution in [3.8, 4) is 0 Å². The Hall–Kier alpha value is -1.10. The number of hydrogen-bond donors (Lipinski definition) is 0. The molecule has 0 aromatic rings. The maximum Gasteiger partial charge on any atom is 0.307 e. The Morgan fingerprint density at radius 3 is 2.25 bits per heavy atom. The molecule has 1 amide bonds. The first-order valence-electron chi connectivity index (χ1n) is 5.61. The van der Waals surface area contributed by atoms with Crippen LogP contribution in [-0.4, -0.2) is 61.0 Å². The molecule has 0 aliphatic carbocycles. The van der Waals surface area contributed by atoms with Gasteiger partial charge in [-0.2, -0.15) is 0 Å². The van der Waals surface area contributed by atoms with Crippen molar-refractivity contribution < 1.29 is 14.3 Å². The summed E-state index contributed by atoms with van der Waals surface area (Å²) >= 11 is 0. The molecule has 0 aromatic carbocycles. The summed E-state index contributed by atoms with van der Waals surface area (Å²) in [6.07, 6.45) is 0.413. The van der Waals surface area contributed by atoms with Crippen LogP contribution in [0.4, 0.5) is 0 Å². The number of amides is 1. The lowest BCUT2D eigenvalue weighted by Crippen LogP contribution is -2.51. The third-order valence-electron chi connectivity index (χ3n) is 3.07. The number of carbonyl (C=O) groups excluding carboxylic acids is 2. The Morgan fingerprint density at radius 2 is 1.81 bits per heavy atom. The van der Waals surface area contributed by atoms with Gasteiger partial charge in [0.1, 0.15) is 0 Å². The minimum absolute atomic E-state index is 0.125. The molecule has 1 aliphatic rings. The number of rotatable bonds is 3. The van der Waals surface area contributed by atoms with Crippen LogP contribution in [0.25, 0.3) is 0 Å². The Balaban J connectivity index is 2.35. The lowest BCUT2D eigenvalue weighted by Gasteiger charge is -2.37. The highest BCUT2D eigenvalue weighted by atomic mass is 16.5. The smallest absolute Gasteiger partial charge is 0.307 e. The first-order valence-corrected chi connectivity index (χ1v) is 5.61. The van der Waals surface area contributed by atoms with Crippen LogP contribution in [0, 0.1) is 0 Å². The Bertz CT molecular complexity index is 260. The first-order chi connectivity index (χ1) is 7.54. The van der Waals surface area contributed by atoms with E-state index in [1.807, 2.05) is 11.8 Å². The molecule has 16 heavy (non-hydrogen) atoms. The zero-order chi connectivity index (χ0) is 12.1. The minimum atomic E-state index is -0.179. The van der Waals surface area contributed by atoms with Gasteiger partial charge in [0.25, 0.3) is 0 Å². The normalized spacial score (nSPS) is 19.3. The van der Waals surface area contributed by atoms with Crippen molar-refractivity contribution in [1.29, 1.82) is 0 Å². The van der Waals surface area contributed by atoms with E-state index in [0.717, 1.165) is 26.2 Å². The van der Waals surface area contributed by atoms with Crippen LogP contribution < -0.4 is 0 Å². The third-order valence-corrected chi connectivity index (χ3v) is 3.07. The van der Waals surface area contributed by atoms with E-state index >= 15 is 0 Å². The predicted molar refractivity (Wildman–Crippen MR) is 59.9 cm³/mol. The monoisotopic (exact) mass is 228 g/mol. The number of hydrogen-bond acceptors (Lipinski definition) is 4. The van der Waals surface area contributed by atoms with Gasteiger partial charge >= 0.3 is 5.97 Å². The second kappa shape index (κ2) is 5.84. The van der Waals surface area contributed by atoms with Crippen LogP contribution in [0.2, 0.25) is 0 Å².